The van der Waals surface area contributed by atoms with Crippen LogP contribution in [0.4, 0.5) is 0 Å². The number of rotatable bonds is 22. The van der Waals surface area contributed by atoms with Crippen LogP contribution in [0.1, 0.15) is 131 Å². The second kappa shape index (κ2) is 19.0. The van der Waals surface area contributed by atoms with Crippen molar-refractivity contribution in [2.45, 2.75) is 138 Å². The van der Waals surface area contributed by atoms with E-state index in [9.17, 15) is 5.11 Å². The molecule has 0 bridgehead atoms. The summed E-state index contributed by atoms with van der Waals surface area (Å²) >= 11 is 0. The smallest absolute Gasteiger partial charge is 0.0945 e. The van der Waals surface area contributed by atoms with Crippen LogP contribution >= 0.6 is 0 Å². The Bertz CT molecular complexity index is 397. The molecule has 0 aliphatic carbocycles. The van der Waals surface area contributed by atoms with Crippen LogP contribution in [-0.4, -0.2) is 31.0 Å². The van der Waals surface area contributed by atoms with Crippen LogP contribution in [0.2, 0.25) is 0 Å². The Morgan fingerprint density at radius 2 is 1.32 bits per heavy atom. The molecule has 0 amide bonds. The predicted molar refractivity (Wildman–Crippen MR) is 138 cm³/mol. The molecule has 1 atom stereocenters. The van der Waals surface area contributed by atoms with E-state index in [-0.39, 0.29) is 0 Å². The number of ether oxygens (including phenoxy) is 1. The van der Waals surface area contributed by atoms with Gasteiger partial charge < -0.3 is 15.2 Å². The maximum Gasteiger partial charge on any atom is 0.0945 e. The average molecular weight is 440 g/mol. The highest BCUT2D eigenvalue weighted by Crippen LogP contribution is 2.42. The fourth-order valence-electron chi connectivity index (χ4n) is 4.73. The van der Waals surface area contributed by atoms with Gasteiger partial charge in [-0.25, -0.2) is 0 Å². The highest BCUT2D eigenvalue weighted by Gasteiger charge is 2.29. The molecule has 0 aliphatic rings. The lowest BCUT2D eigenvalue weighted by Crippen LogP contribution is -2.27. The minimum Gasteiger partial charge on any atom is -0.389 e. The highest BCUT2D eigenvalue weighted by atomic mass is 16.5. The van der Waals surface area contributed by atoms with Gasteiger partial charge in [-0.05, 0) is 68.9 Å². The van der Waals surface area contributed by atoms with Gasteiger partial charge in [0.05, 0.1) is 12.7 Å². The quantitative estimate of drug-likeness (QED) is 0.168. The third-order valence-electron chi connectivity index (χ3n) is 6.83. The third kappa shape index (κ3) is 16.7. The molecule has 0 rings (SSSR count). The minimum absolute atomic E-state index is 0.376. The van der Waals surface area contributed by atoms with E-state index in [0.29, 0.717) is 24.0 Å². The van der Waals surface area contributed by atoms with E-state index in [2.05, 4.69) is 39.9 Å². The summed E-state index contributed by atoms with van der Waals surface area (Å²) in [6.45, 7) is 15.5. The molecule has 3 heteroatoms. The molecule has 0 saturated heterocycles. The number of hydrogen-bond donors (Lipinski definition) is 2. The summed E-state index contributed by atoms with van der Waals surface area (Å²) in [5, 5.41) is 13.0. The molecular weight excluding hydrogens is 382 g/mol. The Kier molecular flexibility index (Phi) is 18.6. The van der Waals surface area contributed by atoms with E-state index in [1.54, 1.807) is 0 Å². The summed E-state index contributed by atoms with van der Waals surface area (Å²) in [7, 11) is 0. The molecule has 0 radical (unpaired) electrons. The van der Waals surface area contributed by atoms with E-state index in [1.807, 2.05) is 19.2 Å². The molecule has 0 fully saturated rings. The molecule has 0 aromatic carbocycles. The molecule has 0 aromatic rings. The molecular formula is C28H57NO2. The van der Waals surface area contributed by atoms with Crippen LogP contribution in [0.3, 0.4) is 0 Å². The molecule has 0 saturated carbocycles. The summed E-state index contributed by atoms with van der Waals surface area (Å²) in [5.74, 6) is 0. The molecule has 0 heterocycles. The maximum absolute atomic E-state index is 9.89. The fourth-order valence-corrected chi connectivity index (χ4v) is 4.73. The van der Waals surface area contributed by atoms with Crippen LogP contribution in [0.5, 0.6) is 0 Å². The van der Waals surface area contributed by atoms with Crippen molar-refractivity contribution in [2.24, 2.45) is 10.8 Å². The van der Waals surface area contributed by atoms with E-state index < -0.39 is 6.10 Å². The third-order valence-corrected chi connectivity index (χ3v) is 6.83. The number of unbranched alkanes of at least 4 members (excludes halogenated alkanes) is 3. The monoisotopic (exact) mass is 439 g/mol. The van der Waals surface area contributed by atoms with Gasteiger partial charge in [0.2, 0.25) is 0 Å². The largest absolute Gasteiger partial charge is 0.389 e. The van der Waals surface area contributed by atoms with E-state index in [4.69, 9.17) is 4.74 Å². The lowest BCUT2D eigenvalue weighted by Gasteiger charge is -2.36. The number of allylic oxidation sites excluding steroid dienone is 1. The molecule has 0 aromatic heterocycles. The Labute approximate surface area is 195 Å². The zero-order valence-electron chi connectivity index (χ0n) is 22.1. The summed E-state index contributed by atoms with van der Waals surface area (Å²) in [4.78, 5) is 0. The van der Waals surface area contributed by atoms with Crippen LogP contribution in [0, 0.1) is 10.8 Å². The Hall–Kier alpha value is -0.540. The van der Waals surface area contributed by atoms with Gasteiger partial charge in [0.25, 0.3) is 0 Å². The highest BCUT2D eigenvalue weighted by molar-refractivity contribution is 4.81. The standard InChI is InChI=1S/C28H57NO2/c1-7-11-18-28(19-12-8-2,20-13-9-3)21-14-16-27(5,6)17-15-23-31-25-26(30)24-29-22-10-4/h10,22,26,29-30H,7-9,11-21,23-25H2,1-6H3. The summed E-state index contributed by atoms with van der Waals surface area (Å²) in [6.07, 6.45) is 22.2. The van der Waals surface area contributed by atoms with Crippen LogP contribution in [0.15, 0.2) is 12.3 Å². The zero-order chi connectivity index (χ0) is 23.4. The second-order valence-corrected chi connectivity index (χ2v) is 10.6. The Morgan fingerprint density at radius 1 is 0.806 bits per heavy atom. The SMILES string of the molecule is CC=CNCC(O)COCCCC(C)(C)CCCC(CCCC)(CCCC)CCCC. The first-order valence-corrected chi connectivity index (χ1v) is 13.4. The number of nitrogens with one attached hydrogen (secondary N) is 1. The van der Waals surface area contributed by atoms with Crippen molar-refractivity contribution >= 4 is 0 Å². The van der Waals surface area contributed by atoms with Crippen molar-refractivity contribution in [3.05, 3.63) is 12.3 Å². The lowest BCUT2D eigenvalue weighted by atomic mass is 9.70. The van der Waals surface area contributed by atoms with Crippen LogP contribution in [0.25, 0.3) is 0 Å². The van der Waals surface area contributed by atoms with Crippen molar-refractivity contribution in [2.75, 3.05) is 19.8 Å². The molecule has 0 aliphatic heterocycles. The number of aliphatic hydroxyl groups excluding tert-OH is 1. The molecule has 186 valence electrons. The van der Waals surface area contributed by atoms with E-state index in [1.165, 1.54) is 83.5 Å². The first-order chi connectivity index (χ1) is 14.8. The molecule has 31 heavy (non-hydrogen) atoms. The minimum atomic E-state index is -0.438. The van der Waals surface area contributed by atoms with Gasteiger partial charge >= 0.3 is 0 Å². The van der Waals surface area contributed by atoms with Gasteiger partial charge in [-0.15, -0.1) is 0 Å². The Balaban J connectivity index is 4.34. The average Bonchev–Trinajstić information content (AvgIpc) is 2.74. The van der Waals surface area contributed by atoms with Gasteiger partial charge in [0, 0.05) is 13.2 Å². The first-order valence-electron chi connectivity index (χ1n) is 13.4. The van der Waals surface area contributed by atoms with Gasteiger partial charge in [-0.3, -0.25) is 0 Å². The number of aliphatic hydroxyl groups is 1. The second-order valence-electron chi connectivity index (χ2n) is 10.6. The van der Waals surface area contributed by atoms with Crippen molar-refractivity contribution in [1.82, 2.24) is 5.32 Å². The molecule has 3 nitrogen and oxygen atoms in total. The maximum atomic E-state index is 9.89. The van der Waals surface area contributed by atoms with Crippen molar-refractivity contribution in [3.8, 4) is 0 Å². The fraction of sp³-hybridized carbons (Fsp3) is 0.929. The topological polar surface area (TPSA) is 41.5 Å². The van der Waals surface area contributed by atoms with Crippen molar-refractivity contribution in [3.63, 3.8) is 0 Å². The zero-order valence-corrected chi connectivity index (χ0v) is 22.1. The molecule has 1 unspecified atom stereocenters. The molecule has 0 spiro atoms. The van der Waals surface area contributed by atoms with Gasteiger partial charge in [-0.2, -0.15) is 0 Å². The van der Waals surface area contributed by atoms with Gasteiger partial charge in [0.1, 0.15) is 0 Å². The van der Waals surface area contributed by atoms with Crippen molar-refractivity contribution in [1.29, 1.82) is 0 Å². The lowest BCUT2D eigenvalue weighted by molar-refractivity contribution is 0.0339. The summed E-state index contributed by atoms with van der Waals surface area (Å²) < 4.78 is 5.70. The van der Waals surface area contributed by atoms with E-state index in [0.717, 1.165) is 13.0 Å². The normalized spacial score (nSPS) is 13.8. The van der Waals surface area contributed by atoms with E-state index >= 15 is 0 Å². The van der Waals surface area contributed by atoms with Crippen LogP contribution < -0.4 is 5.32 Å². The predicted octanol–water partition coefficient (Wildman–Crippen LogP) is 8.02. The molecule has 2 N–H and O–H groups in total. The Morgan fingerprint density at radius 3 is 1.84 bits per heavy atom. The van der Waals surface area contributed by atoms with Gasteiger partial charge in [-0.1, -0.05) is 85.6 Å². The van der Waals surface area contributed by atoms with Gasteiger partial charge in [0.15, 0.2) is 0 Å². The van der Waals surface area contributed by atoms with Crippen molar-refractivity contribution < 1.29 is 9.84 Å². The first kappa shape index (κ1) is 30.5. The van der Waals surface area contributed by atoms with Crippen LogP contribution in [-0.2, 0) is 4.74 Å². The summed E-state index contributed by atoms with van der Waals surface area (Å²) in [6, 6.07) is 0. The number of hydrogen-bond acceptors (Lipinski definition) is 3. The summed E-state index contributed by atoms with van der Waals surface area (Å²) in [5.41, 5.74) is 0.972.